The minimum Gasteiger partial charge on any atom is -0.495 e. The van der Waals surface area contributed by atoms with Crippen LogP contribution < -0.4 is 19.1 Å². The Bertz CT molecular complexity index is 981. The van der Waals surface area contributed by atoms with E-state index in [0.717, 1.165) is 36.5 Å². The maximum Gasteiger partial charge on any atom is 0.191 e. The monoisotopic (exact) mass is 456 g/mol. The third-order valence-electron chi connectivity index (χ3n) is 6.25. The summed E-state index contributed by atoms with van der Waals surface area (Å²) in [5.41, 5.74) is 2.45. The largest absolute Gasteiger partial charge is 0.495 e. The Morgan fingerprint density at radius 2 is 1.88 bits per heavy atom. The molecule has 2 heterocycles. The van der Waals surface area contributed by atoms with E-state index in [-0.39, 0.29) is 5.78 Å². The Hall–Kier alpha value is -2.81. The summed E-state index contributed by atoms with van der Waals surface area (Å²) in [6, 6.07) is 11.4. The highest BCUT2D eigenvalue weighted by Gasteiger charge is 2.28. The van der Waals surface area contributed by atoms with Crippen LogP contribution in [0.1, 0.15) is 29.3 Å². The fourth-order valence-corrected chi connectivity index (χ4v) is 4.36. The van der Waals surface area contributed by atoms with Crippen LogP contribution in [0.3, 0.4) is 0 Å². The molecule has 4 rings (SSSR count). The molecular formula is C25H32N2O6. The third-order valence-corrected chi connectivity index (χ3v) is 6.25. The SMILES string of the molecule is COc1cc2c(cc1OCCCN1CCN(c3ccccc3OC)CC1O)C(=O)C(C)OC2. The predicted octanol–water partition coefficient (Wildman–Crippen LogP) is 2.71. The molecule has 1 N–H and O–H groups in total. The van der Waals surface area contributed by atoms with Crippen molar-refractivity contribution < 1.29 is 28.8 Å². The molecule has 2 aliphatic heterocycles. The van der Waals surface area contributed by atoms with Crippen molar-refractivity contribution in [2.24, 2.45) is 0 Å². The normalized spacial score (nSPS) is 21.0. The molecular weight excluding hydrogens is 424 g/mol. The maximum atomic E-state index is 12.4. The van der Waals surface area contributed by atoms with Crippen molar-refractivity contribution in [2.75, 3.05) is 51.9 Å². The van der Waals surface area contributed by atoms with Crippen molar-refractivity contribution >= 4 is 11.5 Å². The molecule has 0 saturated carbocycles. The van der Waals surface area contributed by atoms with Crippen LogP contribution >= 0.6 is 0 Å². The average Bonchev–Trinajstić information content (AvgIpc) is 2.84. The standard InChI is InChI=1S/C25H32N2O6/c1-17-25(29)19-14-23(22(31-3)13-18(19)16-33-17)32-12-6-9-26-10-11-27(15-24(26)28)20-7-4-5-8-21(20)30-2/h4-5,7-8,13-14,17,24,28H,6,9-12,15-16H2,1-3H3. The Morgan fingerprint density at radius 1 is 1.09 bits per heavy atom. The van der Waals surface area contributed by atoms with Gasteiger partial charge in [-0.25, -0.2) is 0 Å². The summed E-state index contributed by atoms with van der Waals surface area (Å²) in [5, 5.41) is 10.7. The molecule has 2 unspecified atom stereocenters. The van der Waals surface area contributed by atoms with E-state index in [4.69, 9.17) is 18.9 Å². The van der Waals surface area contributed by atoms with Crippen LogP contribution in [0.2, 0.25) is 0 Å². The number of β-amino-alcohol motifs (C(OH)–C–C–N with tert-alkyl or cyclic N) is 1. The highest BCUT2D eigenvalue weighted by atomic mass is 16.5. The van der Waals surface area contributed by atoms with E-state index in [1.807, 2.05) is 30.3 Å². The number of hydrogen-bond acceptors (Lipinski definition) is 8. The molecule has 1 saturated heterocycles. The quantitative estimate of drug-likeness (QED) is 0.608. The molecule has 1 fully saturated rings. The lowest BCUT2D eigenvalue weighted by atomic mass is 9.97. The smallest absolute Gasteiger partial charge is 0.191 e. The van der Waals surface area contributed by atoms with E-state index >= 15 is 0 Å². The molecule has 0 aromatic heterocycles. The zero-order valence-electron chi connectivity index (χ0n) is 19.5. The van der Waals surface area contributed by atoms with Gasteiger partial charge in [-0.1, -0.05) is 12.1 Å². The second-order valence-corrected chi connectivity index (χ2v) is 8.31. The molecule has 2 atom stereocenters. The van der Waals surface area contributed by atoms with Crippen molar-refractivity contribution in [2.45, 2.75) is 32.3 Å². The Morgan fingerprint density at radius 3 is 2.64 bits per heavy atom. The van der Waals surface area contributed by atoms with Crippen LogP contribution in [-0.4, -0.2) is 75.1 Å². The number of rotatable bonds is 8. The number of aliphatic hydroxyl groups excluding tert-OH is 1. The summed E-state index contributed by atoms with van der Waals surface area (Å²) in [7, 11) is 3.24. The minimum atomic E-state index is -0.568. The molecule has 0 radical (unpaired) electrons. The lowest BCUT2D eigenvalue weighted by molar-refractivity contribution is -0.00584. The number of benzene rings is 2. The first-order chi connectivity index (χ1) is 16.0. The van der Waals surface area contributed by atoms with E-state index in [1.54, 1.807) is 27.2 Å². The summed E-state index contributed by atoms with van der Waals surface area (Å²) < 4.78 is 22.4. The highest BCUT2D eigenvalue weighted by molar-refractivity contribution is 6.01. The van der Waals surface area contributed by atoms with Crippen molar-refractivity contribution in [3.05, 3.63) is 47.5 Å². The van der Waals surface area contributed by atoms with Gasteiger partial charge < -0.3 is 29.0 Å². The number of piperazine rings is 1. The number of hydrogen-bond donors (Lipinski definition) is 1. The Kier molecular flexibility index (Phi) is 7.37. The number of carbonyl (C=O) groups excluding carboxylic acids is 1. The number of ketones is 1. The van der Waals surface area contributed by atoms with Gasteiger partial charge in [-0.05, 0) is 43.2 Å². The van der Waals surface area contributed by atoms with Crippen LogP contribution in [0, 0.1) is 0 Å². The van der Waals surface area contributed by atoms with Crippen molar-refractivity contribution in [3.8, 4) is 17.2 Å². The van der Waals surface area contributed by atoms with Gasteiger partial charge in [0.15, 0.2) is 17.3 Å². The second kappa shape index (κ2) is 10.4. The number of fused-ring (bicyclic) bond motifs is 1. The number of ether oxygens (including phenoxy) is 4. The van der Waals surface area contributed by atoms with Crippen LogP contribution in [0.25, 0.3) is 0 Å². The Balaban J connectivity index is 1.30. The molecule has 178 valence electrons. The summed E-state index contributed by atoms with van der Waals surface area (Å²) in [6.07, 6.45) is -0.282. The van der Waals surface area contributed by atoms with Gasteiger partial charge in [0, 0.05) is 25.2 Å². The number of Topliss-reactive ketones (excluding diaryl/α,β-unsaturated/α-hetero) is 1. The predicted molar refractivity (Wildman–Crippen MR) is 124 cm³/mol. The highest BCUT2D eigenvalue weighted by Crippen LogP contribution is 2.34. The van der Waals surface area contributed by atoms with Gasteiger partial charge in [0.2, 0.25) is 0 Å². The summed E-state index contributed by atoms with van der Waals surface area (Å²) >= 11 is 0. The molecule has 2 aromatic rings. The topological polar surface area (TPSA) is 80.7 Å². The van der Waals surface area contributed by atoms with Crippen LogP contribution in [0.4, 0.5) is 5.69 Å². The van der Waals surface area contributed by atoms with E-state index in [9.17, 15) is 9.90 Å². The zero-order valence-corrected chi connectivity index (χ0v) is 19.5. The zero-order chi connectivity index (χ0) is 23.4. The first kappa shape index (κ1) is 23.4. The molecule has 0 bridgehead atoms. The fourth-order valence-electron chi connectivity index (χ4n) is 4.36. The summed E-state index contributed by atoms with van der Waals surface area (Å²) in [4.78, 5) is 16.6. The van der Waals surface area contributed by atoms with Crippen molar-refractivity contribution in [3.63, 3.8) is 0 Å². The maximum absolute atomic E-state index is 12.4. The van der Waals surface area contributed by atoms with Gasteiger partial charge >= 0.3 is 0 Å². The van der Waals surface area contributed by atoms with Gasteiger partial charge in [-0.15, -0.1) is 0 Å². The van der Waals surface area contributed by atoms with Gasteiger partial charge in [0.1, 0.15) is 18.1 Å². The van der Waals surface area contributed by atoms with Gasteiger partial charge in [-0.2, -0.15) is 0 Å². The number of para-hydroxylation sites is 2. The first-order valence-corrected chi connectivity index (χ1v) is 11.3. The van der Waals surface area contributed by atoms with Crippen LogP contribution in [-0.2, 0) is 11.3 Å². The first-order valence-electron chi connectivity index (χ1n) is 11.3. The van der Waals surface area contributed by atoms with Crippen molar-refractivity contribution in [1.29, 1.82) is 0 Å². The summed E-state index contributed by atoms with van der Waals surface area (Å²) in [5.74, 6) is 1.91. The van der Waals surface area contributed by atoms with Crippen LogP contribution in [0.5, 0.6) is 17.2 Å². The lowest BCUT2D eigenvalue weighted by Gasteiger charge is -2.40. The van der Waals surface area contributed by atoms with Crippen LogP contribution in [0.15, 0.2) is 36.4 Å². The molecule has 33 heavy (non-hydrogen) atoms. The molecule has 0 aliphatic carbocycles. The van der Waals surface area contributed by atoms with E-state index in [0.29, 0.717) is 43.4 Å². The molecule has 0 amide bonds. The number of carbonyl (C=O) groups is 1. The number of nitrogens with zero attached hydrogens (tertiary/aromatic N) is 2. The van der Waals surface area contributed by atoms with E-state index < -0.39 is 12.3 Å². The molecule has 8 heteroatoms. The van der Waals surface area contributed by atoms with Gasteiger partial charge in [0.25, 0.3) is 0 Å². The fraction of sp³-hybridized carbons (Fsp3) is 0.480. The Labute approximate surface area is 194 Å². The van der Waals surface area contributed by atoms with Gasteiger partial charge in [0.05, 0.1) is 39.7 Å². The molecule has 8 nitrogen and oxygen atoms in total. The minimum absolute atomic E-state index is 0.0419. The number of methoxy groups -OCH3 is 2. The van der Waals surface area contributed by atoms with Crippen molar-refractivity contribution in [1.82, 2.24) is 4.90 Å². The molecule has 2 aromatic carbocycles. The second-order valence-electron chi connectivity index (χ2n) is 8.31. The number of aliphatic hydroxyl groups is 1. The van der Waals surface area contributed by atoms with E-state index in [1.165, 1.54) is 0 Å². The number of anilines is 1. The van der Waals surface area contributed by atoms with E-state index in [2.05, 4.69) is 9.80 Å². The molecule has 2 aliphatic rings. The molecule has 0 spiro atoms. The lowest BCUT2D eigenvalue weighted by Crippen LogP contribution is -2.53. The van der Waals surface area contributed by atoms with Gasteiger partial charge in [-0.3, -0.25) is 9.69 Å². The third kappa shape index (κ3) is 5.08. The summed E-state index contributed by atoms with van der Waals surface area (Å²) in [6.45, 7) is 5.37. The average molecular weight is 457 g/mol.